The summed E-state index contributed by atoms with van der Waals surface area (Å²) in [7, 11) is 0. The van der Waals surface area contributed by atoms with Crippen LogP contribution in [0.15, 0.2) is 42.7 Å². The zero-order valence-corrected chi connectivity index (χ0v) is 15.8. The number of aryl methyl sites for hydroxylation is 3. The first-order chi connectivity index (χ1) is 12.5. The second kappa shape index (κ2) is 7.56. The van der Waals surface area contributed by atoms with Gasteiger partial charge in [0, 0.05) is 42.7 Å². The molecule has 3 aromatic rings. The summed E-state index contributed by atoms with van der Waals surface area (Å²) in [6.45, 7) is 10.1. The van der Waals surface area contributed by atoms with Gasteiger partial charge in [-0.2, -0.15) is 10.2 Å². The smallest absolute Gasteiger partial charge is 0.254 e. The summed E-state index contributed by atoms with van der Waals surface area (Å²) in [6.07, 6.45) is 3.81. The van der Waals surface area contributed by atoms with Crippen molar-refractivity contribution >= 4 is 5.91 Å². The molecule has 0 N–H and O–H groups in total. The Bertz CT molecular complexity index is 891. The van der Waals surface area contributed by atoms with Crippen LogP contribution in [0, 0.1) is 13.8 Å². The van der Waals surface area contributed by atoms with Crippen LogP contribution in [-0.2, 0) is 13.1 Å². The van der Waals surface area contributed by atoms with Crippen molar-refractivity contribution < 1.29 is 4.79 Å². The van der Waals surface area contributed by atoms with Crippen molar-refractivity contribution in [2.75, 3.05) is 6.54 Å². The van der Waals surface area contributed by atoms with Gasteiger partial charge in [0.05, 0.1) is 17.6 Å². The average Bonchev–Trinajstić information content (AvgIpc) is 3.24. The number of benzene rings is 1. The highest BCUT2D eigenvalue weighted by atomic mass is 16.2. The third-order valence-electron chi connectivity index (χ3n) is 4.42. The normalized spacial score (nSPS) is 10.9. The highest BCUT2D eigenvalue weighted by molar-refractivity contribution is 5.94. The third kappa shape index (κ3) is 3.69. The molecule has 2 aromatic heterocycles. The molecule has 26 heavy (non-hydrogen) atoms. The van der Waals surface area contributed by atoms with Gasteiger partial charge < -0.3 is 4.90 Å². The maximum Gasteiger partial charge on any atom is 0.254 e. The Labute approximate surface area is 154 Å². The molecule has 0 bridgehead atoms. The van der Waals surface area contributed by atoms with Gasteiger partial charge in [0.1, 0.15) is 0 Å². The number of amides is 1. The average molecular weight is 351 g/mol. The molecule has 136 valence electrons. The standard InChI is InChI=1S/C20H25N5O/c1-5-23(13-17-12-21-24(6-2)14-17)20(26)18-7-9-19(10-8-18)25-16(4)11-15(3)22-25/h7-12,14H,5-6,13H2,1-4H3. The van der Waals surface area contributed by atoms with Gasteiger partial charge in [-0.15, -0.1) is 0 Å². The number of hydrogen-bond acceptors (Lipinski definition) is 3. The zero-order chi connectivity index (χ0) is 18.7. The quantitative estimate of drug-likeness (QED) is 0.684. The third-order valence-corrected chi connectivity index (χ3v) is 4.42. The van der Waals surface area contributed by atoms with Gasteiger partial charge in [0.15, 0.2) is 0 Å². The predicted molar refractivity (Wildman–Crippen MR) is 101 cm³/mol. The van der Waals surface area contributed by atoms with E-state index in [2.05, 4.69) is 10.2 Å². The first kappa shape index (κ1) is 17.9. The summed E-state index contributed by atoms with van der Waals surface area (Å²) >= 11 is 0. The molecule has 0 fully saturated rings. The second-order valence-corrected chi connectivity index (χ2v) is 6.41. The minimum Gasteiger partial charge on any atom is -0.334 e. The molecule has 0 saturated heterocycles. The lowest BCUT2D eigenvalue weighted by molar-refractivity contribution is 0.0752. The summed E-state index contributed by atoms with van der Waals surface area (Å²) in [6, 6.07) is 9.65. The Morgan fingerprint density at radius 3 is 2.42 bits per heavy atom. The maximum atomic E-state index is 12.9. The molecule has 0 unspecified atom stereocenters. The number of nitrogens with zero attached hydrogens (tertiary/aromatic N) is 5. The van der Waals surface area contributed by atoms with Gasteiger partial charge in [-0.25, -0.2) is 4.68 Å². The largest absolute Gasteiger partial charge is 0.334 e. The molecule has 0 spiro atoms. The van der Waals surface area contributed by atoms with E-state index in [1.165, 1.54) is 0 Å². The minimum absolute atomic E-state index is 0.0247. The number of carbonyl (C=O) groups excluding carboxylic acids is 1. The molecule has 3 rings (SSSR count). The number of carbonyl (C=O) groups is 1. The van der Waals surface area contributed by atoms with E-state index in [0.29, 0.717) is 18.7 Å². The fourth-order valence-electron chi connectivity index (χ4n) is 3.03. The van der Waals surface area contributed by atoms with Gasteiger partial charge >= 0.3 is 0 Å². The van der Waals surface area contributed by atoms with Crippen LogP contribution in [0.1, 0.15) is 41.2 Å². The van der Waals surface area contributed by atoms with Crippen molar-refractivity contribution in [1.82, 2.24) is 24.5 Å². The van der Waals surface area contributed by atoms with Crippen LogP contribution < -0.4 is 0 Å². The highest BCUT2D eigenvalue weighted by Crippen LogP contribution is 2.15. The Hall–Kier alpha value is -2.89. The fourth-order valence-corrected chi connectivity index (χ4v) is 3.03. The molecule has 6 heteroatoms. The van der Waals surface area contributed by atoms with Gasteiger partial charge in [-0.1, -0.05) is 0 Å². The lowest BCUT2D eigenvalue weighted by Gasteiger charge is -2.20. The van der Waals surface area contributed by atoms with Crippen LogP contribution in [0.5, 0.6) is 0 Å². The number of rotatable bonds is 6. The van der Waals surface area contributed by atoms with Crippen LogP contribution in [0.25, 0.3) is 5.69 Å². The first-order valence-electron chi connectivity index (χ1n) is 8.96. The Balaban J connectivity index is 1.76. The molecule has 0 aliphatic heterocycles. The summed E-state index contributed by atoms with van der Waals surface area (Å²) in [5.41, 5.74) is 4.73. The van der Waals surface area contributed by atoms with Crippen LogP contribution in [0.2, 0.25) is 0 Å². The van der Waals surface area contributed by atoms with E-state index in [0.717, 1.165) is 29.2 Å². The molecule has 1 aromatic carbocycles. The summed E-state index contributed by atoms with van der Waals surface area (Å²) in [5.74, 6) is 0.0247. The SMILES string of the molecule is CCN(Cc1cnn(CC)c1)C(=O)c1ccc(-n2nc(C)cc2C)cc1. The van der Waals surface area contributed by atoms with Crippen LogP contribution >= 0.6 is 0 Å². The monoisotopic (exact) mass is 351 g/mol. The van der Waals surface area contributed by atoms with Gasteiger partial charge in [-0.05, 0) is 58.0 Å². The minimum atomic E-state index is 0.0247. The fraction of sp³-hybridized carbons (Fsp3) is 0.350. The molecule has 0 aliphatic carbocycles. The van der Waals surface area contributed by atoms with Gasteiger partial charge in [0.25, 0.3) is 5.91 Å². The van der Waals surface area contributed by atoms with Crippen LogP contribution in [0.3, 0.4) is 0 Å². The van der Waals surface area contributed by atoms with Crippen LogP contribution in [0.4, 0.5) is 0 Å². The highest BCUT2D eigenvalue weighted by Gasteiger charge is 2.16. The van der Waals surface area contributed by atoms with Crippen molar-refractivity contribution in [1.29, 1.82) is 0 Å². The molecular weight excluding hydrogens is 326 g/mol. The van der Waals surface area contributed by atoms with Crippen molar-refractivity contribution in [2.24, 2.45) is 0 Å². The predicted octanol–water partition coefficient (Wildman–Crippen LogP) is 3.37. The van der Waals surface area contributed by atoms with Crippen molar-refractivity contribution in [2.45, 2.75) is 40.8 Å². The van der Waals surface area contributed by atoms with E-state index in [1.54, 1.807) is 0 Å². The molecule has 6 nitrogen and oxygen atoms in total. The molecule has 2 heterocycles. The van der Waals surface area contributed by atoms with E-state index < -0.39 is 0 Å². The Kier molecular flexibility index (Phi) is 5.21. The van der Waals surface area contributed by atoms with E-state index in [1.807, 2.05) is 84.7 Å². The zero-order valence-electron chi connectivity index (χ0n) is 15.8. The maximum absolute atomic E-state index is 12.9. The van der Waals surface area contributed by atoms with Crippen molar-refractivity contribution in [3.8, 4) is 5.69 Å². The van der Waals surface area contributed by atoms with Gasteiger partial charge in [0.2, 0.25) is 0 Å². The Morgan fingerprint density at radius 2 is 1.88 bits per heavy atom. The number of aromatic nitrogens is 4. The second-order valence-electron chi connectivity index (χ2n) is 6.41. The molecular formula is C20H25N5O. The lowest BCUT2D eigenvalue weighted by Crippen LogP contribution is -2.30. The Morgan fingerprint density at radius 1 is 1.15 bits per heavy atom. The molecule has 0 aliphatic rings. The molecule has 0 atom stereocenters. The topological polar surface area (TPSA) is 56.0 Å². The van der Waals surface area contributed by atoms with Crippen molar-refractivity contribution in [3.63, 3.8) is 0 Å². The van der Waals surface area contributed by atoms with E-state index in [4.69, 9.17) is 0 Å². The number of hydrogen-bond donors (Lipinski definition) is 0. The molecule has 0 saturated carbocycles. The molecule has 0 radical (unpaired) electrons. The first-order valence-corrected chi connectivity index (χ1v) is 8.96. The summed E-state index contributed by atoms with van der Waals surface area (Å²) in [4.78, 5) is 14.7. The summed E-state index contributed by atoms with van der Waals surface area (Å²) < 4.78 is 3.76. The van der Waals surface area contributed by atoms with Gasteiger partial charge in [-0.3, -0.25) is 9.48 Å². The van der Waals surface area contributed by atoms with E-state index >= 15 is 0 Å². The molecule has 1 amide bonds. The van der Waals surface area contributed by atoms with Crippen molar-refractivity contribution in [3.05, 3.63) is 65.2 Å². The van der Waals surface area contributed by atoms with E-state index in [9.17, 15) is 4.79 Å². The van der Waals surface area contributed by atoms with E-state index in [-0.39, 0.29) is 5.91 Å². The summed E-state index contributed by atoms with van der Waals surface area (Å²) in [5, 5.41) is 8.76. The van der Waals surface area contributed by atoms with Crippen LogP contribution in [-0.4, -0.2) is 36.9 Å². The lowest BCUT2D eigenvalue weighted by atomic mass is 10.1.